The molecular weight excluding hydrogens is 379 g/mol. The molecule has 28 heavy (non-hydrogen) atoms. The Labute approximate surface area is 165 Å². The minimum Gasteiger partial charge on any atom is -0.378 e. The summed E-state index contributed by atoms with van der Waals surface area (Å²) in [6, 6.07) is 6.55. The number of halogens is 1. The highest BCUT2D eigenvalue weighted by Gasteiger charge is 2.32. The lowest BCUT2D eigenvalue weighted by molar-refractivity contribution is 0.0779. The van der Waals surface area contributed by atoms with Crippen LogP contribution in [-0.2, 0) is 17.7 Å². The zero-order valence-corrected chi connectivity index (χ0v) is 16.0. The molecule has 0 spiro atoms. The third-order valence-corrected chi connectivity index (χ3v) is 6.27. The van der Waals surface area contributed by atoms with Crippen LogP contribution in [0.15, 0.2) is 30.5 Å². The summed E-state index contributed by atoms with van der Waals surface area (Å²) in [5, 5.41) is 0.908. The van der Waals surface area contributed by atoms with E-state index in [1.165, 1.54) is 23.5 Å². The first kappa shape index (κ1) is 17.5. The van der Waals surface area contributed by atoms with E-state index in [0.29, 0.717) is 32.7 Å². The number of hydrogen-bond acceptors (Lipinski definition) is 6. The highest BCUT2D eigenvalue weighted by molar-refractivity contribution is 7.18. The van der Waals surface area contributed by atoms with E-state index in [1.54, 1.807) is 12.3 Å². The average Bonchev–Trinajstić information content (AvgIpc) is 3.27. The monoisotopic (exact) mass is 398 g/mol. The largest absolute Gasteiger partial charge is 0.378 e. The number of nitrogens with zero attached hydrogens (tertiary/aromatic N) is 4. The lowest BCUT2D eigenvalue weighted by Gasteiger charge is -2.30. The van der Waals surface area contributed by atoms with Gasteiger partial charge in [-0.3, -0.25) is 9.78 Å². The molecule has 1 aromatic carbocycles. The Morgan fingerprint density at radius 1 is 1.21 bits per heavy atom. The van der Waals surface area contributed by atoms with Gasteiger partial charge in [-0.1, -0.05) is 0 Å². The van der Waals surface area contributed by atoms with Gasteiger partial charge >= 0.3 is 0 Å². The summed E-state index contributed by atoms with van der Waals surface area (Å²) in [5.41, 5.74) is 3.31. The van der Waals surface area contributed by atoms with E-state index >= 15 is 0 Å². The summed E-state index contributed by atoms with van der Waals surface area (Å²) in [6.07, 6.45) is 2.43. The van der Waals surface area contributed by atoms with Gasteiger partial charge in [0.25, 0.3) is 5.91 Å². The van der Waals surface area contributed by atoms with Crippen LogP contribution in [0, 0.1) is 5.82 Å². The molecule has 2 aromatic heterocycles. The predicted molar refractivity (Wildman–Crippen MR) is 105 cm³/mol. The van der Waals surface area contributed by atoms with E-state index in [2.05, 4.69) is 14.9 Å². The van der Waals surface area contributed by atoms with Crippen LogP contribution in [0.5, 0.6) is 0 Å². The molecule has 0 N–H and O–H groups in total. The highest BCUT2D eigenvalue weighted by atomic mass is 32.1. The number of amides is 1. The first-order chi connectivity index (χ1) is 13.7. The minimum absolute atomic E-state index is 0.0248. The number of ether oxygens (including phenoxy) is 1. The molecule has 4 heterocycles. The van der Waals surface area contributed by atoms with Crippen LogP contribution in [0.3, 0.4) is 0 Å². The normalized spacial score (nSPS) is 16.8. The molecule has 2 aliphatic heterocycles. The molecule has 0 atom stereocenters. The van der Waals surface area contributed by atoms with Gasteiger partial charge in [0.15, 0.2) is 0 Å². The quantitative estimate of drug-likeness (QED) is 0.676. The third-order valence-electron chi connectivity index (χ3n) is 5.19. The van der Waals surface area contributed by atoms with Crippen molar-refractivity contribution in [3.63, 3.8) is 0 Å². The summed E-state index contributed by atoms with van der Waals surface area (Å²) < 4.78 is 19.6. The van der Waals surface area contributed by atoms with Gasteiger partial charge in [-0.05, 0) is 24.3 Å². The highest BCUT2D eigenvalue weighted by Crippen LogP contribution is 2.31. The molecule has 0 bridgehead atoms. The van der Waals surface area contributed by atoms with E-state index in [4.69, 9.17) is 4.74 Å². The van der Waals surface area contributed by atoms with E-state index in [0.717, 1.165) is 45.3 Å². The Balaban J connectivity index is 1.33. The summed E-state index contributed by atoms with van der Waals surface area (Å²) in [7, 11) is 0. The zero-order valence-electron chi connectivity index (χ0n) is 15.2. The van der Waals surface area contributed by atoms with Crippen LogP contribution < -0.4 is 4.90 Å². The van der Waals surface area contributed by atoms with Crippen molar-refractivity contribution in [1.82, 2.24) is 14.9 Å². The third kappa shape index (κ3) is 3.12. The van der Waals surface area contributed by atoms with E-state index in [9.17, 15) is 9.18 Å². The van der Waals surface area contributed by atoms with Crippen molar-refractivity contribution in [2.45, 2.75) is 13.0 Å². The Morgan fingerprint density at radius 2 is 2.07 bits per heavy atom. The lowest BCUT2D eigenvalue weighted by atomic mass is 10.1. The fourth-order valence-electron chi connectivity index (χ4n) is 3.79. The number of benzene rings is 1. The molecule has 5 rings (SSSR count). The van der Waals surface area contributed by atoms with Crippen LogP contribution >= 0.6 is 11.3 Å². The summed E-state index contributed by atoms with van der Waals surface area (Å²) in [6.45, 7) is 4.00. The topological polar surface area (TPSA) is 58.6 Å². The van der Waals surface area contributed by atoms with Gasteiger partial charge in [-0.2, -0.15) is 0 Å². The second kappa shape index (κ2) is 7.10. The minimum atomic E-state index is -0.255. The van der Waals surface area contributed by atoms with Gasteiger partial charge in [0.1, 0.15) is 5.82 Å². The predicted octanol–water partition coefficient (Wildman–Crippen LogP) is 2.87. The van der Waals surface area contributed by atoms with Crippen molar-refractivity contribution in [3.8, 4) is 0 Å². The van der Waals surface area contributed by atoms with Crippen molar-refractivity contribution in [1.29, 1.82) is 0 Å². The number of rotatable bonds is 4. The maximum atomic E-state index is 13.4. The molecule has 144 valence electrons. The number of aromatic nitrogens is 2. The number of thiazole rings is 1. The molecule has 1 fully saturated rings. The fourth-order valence-corrected chi connectivity index (χ4v) is 4.77. The fraction of sp³-hybridized carbons (Fsp3) is 0.350. The van der Waals surface area contributed by atoms with Crippen LogP contribution in [0.4, 0.5) is 10.1 Å². The Bertz CT molecular complexity index is 1050. The molecule has 0 unspecified atom stereocenters. The Hall–Kier alpha value is -2.58. The van der Waals surface area contributed by atoms with Crippen molar-refractivity contribution < 1.29 is 13.9 Å². The van der Waals surface area contributed by atoms with Crippen molar-refractivity contribution in [2.75, 3.05) is 37.7 Å². The standard InChI is InChI=1S/C20H19FN4O2S/c21-13-1-2-14-17(11-13)28-18(23-14)4-6-25-12-15-19(20(25)26)16(3-5-22-15)24-7-9-27-10-8-24/h1-3,5,11H,4,6-10,12H2. The molecule has 3 aromatic rings. The summed E-state index contributed by atoms with van der Waals surface area (Å²) >= 11 is 1.48. The lowest BCUT2D eigenvalue weighted by Crippen LogP contribution is -2.37. The molecule has 0 saturated carbocycles. The first-order valence-corrected chi connectivity index (χ1v) is 10.2. The van der Waals surface area contributed by atoms with Crippen LogP contribution in [0.25, 0.3) is 10.2 Å². The van der Waals surface area contributed by atoms with Crippen molar-refractivity contribution >= 4 is 33.1 Å². The van der Waals surface area contributed by atoms with Gasteiger partial charge in [0.2, 0.25) is 0 Å². The number of hydrogen-bond donors (Lipinski definition) is 0. The number of carbonyl (C=O) groups is 1. The zero-order chi connectivity index (χ0) is 19.1. The van der Waals surface area contributed by atoms with E-state index in [-0.39, 0.29) is 11.7 Å². The molecule has 6 nitrogen and oxygen atoms in total. The van der Waals surface area contributed by atoms with Gasteiger partial charge in [0.05, 0.1) is 51.9 Å². The molecular formula is C20H19FN4O2S. The number of fused-ring (bicyclic) bond motifs is 2. The summed E-state index contributed by atoms with van der Waals surface area (Å²) in [4.78, 5) is 26.1. The SMILES string of the molecule is O=C1c2c(N3CCOCC3)ccnc2CN1CCc1nc2ccc(F)cc2s1. The Morgan fingerprint density at radius 3 is 2.93 bits per heavy atom. The number of pyridine rings is 1. The van der Waals surface area contributed by atoms with Crippen molar-refractivity contribution in [2.24, 2.45) is 0 Å². The molecule has 8 heteroatoms. The van der Waals surface area contributed by atoms with Crippen LogP contribution in [-0.4, -0.2) is 53.6 Å². The van der Waals surface area contributed by atoms with Gasteiger partial charge < -0.3 is 14.5 Å². The van der Waals surface area contributed by atoms with E-state index in [1.807, 2.05) is 11.0 Å². The molecule has 2 aliphatic rings. The van der Waals surface area contributed by atoms with Crippen LogP contribution in [0.1, 0.15) is 21.1 Å². The average molecular weight is 398 g/mol. The second-order valence-corrected chi connectivity index (χ2v) is 8.06. The Kier molecular flexibility index (Phi) is 4.44. The smallest absolute Gasteiger partial charge is 0.258 e. The van der Waals surface area contributed by atoms with Gasteiger partial charge in [-0.15, -0.1) is 11.3 Å². The number of anilines is 1. The number of morpholine rings is 1. The van der Waals surface area contributed by atoms with Crippen molar-refractivity contribution in [3.05, 3.63) is 52.5 Å². The molecule has 0 aliphatic carbocycles. The molecule has 0 radical (unpaired) electrons. The van der Waals surface area contributed by atoms with Gasteiger partial charge in [0, 0.05) is 32.3 Å². The number of carbonyl (C=O) groups excluding carboxylic acids is 1. The maximum Gasteiger partial charge on any atom is 0.258 e. The molecule has 1 amide bonds. The second-order valence-electron chi connectivity index (χ2n) is 6.95. The van der Waals surface area contributed by atoms with Crippen LogP contribution in [0.2, 0.25) is 0 Å². The maximum absolute atomic E-state index is 13.4. The first-order valence-electron chi connectivity index (χ1n) is 9.34. The van der Waals surface area contributed by atoms with E-state index < -0.39 is 0 Å². The summed E-state index contributed by atoms with van der Waals surface area (Å²) in [5.74, 6) is -0.230. The molecule has 1 saturated heterocycles. The van der Waals surface area contributed by atoms with Gasteiger partial charge in [-0.25, -0.2) is 9.37 Å².